The second-order valence-corrected chi connectivity index (χ2v) is 7.31. The number of benzene rings is 2. The van der Waals surface area contributed by atoms with Crippen LogP contribution in [0.1, 0.15) is 25.0 Å². The van der Waals surface area contributed by atoms with Crippen LogP contribution in [0.25, 0.3) is 0 Å². The molecule has 0 aliphatic heterocycles. The number of alkyl halides is 8. The maximum atomic E-state index is 14.1. The molecule has 0 unspecified atom stereocenters. The summed E-state index contributed by atoms with van der Waals surface area (Å²) < 4.78 is 113. The monoisotopic (exact) mass is 496 g/mol. The highest BCUT2D eigenvalue weighted by Crippen LogP contribution is 2.53. The maximum absolute atomic E-state index is 14.1. The lowest BCUT2D eigenvalue weighted by molar-refractivity contribution is -0.345. The fraction of sp³-hybridized carbons (Fsp3) is 0.364. The molecule has 0 aliphatic carbocycles. The molecule has 0 bridgehead atoms. The lowest BCUT2D eigenvalue weighted by Gasteiger charge is -2.35. The Labute approximate surface area is 189 Å². The Morgan fingerprint density at radius 2 is 0.853 bits per heavy atom. The summed E-state index contributed by atoms with van der Waals surface area (Å²) >= 11 is 0. The molecular weight excluding hydrogens is 476 g/mol. The van der Waals surface area contributed by atoms with Gasteiger partial charge in [0.15, 0.2) is 0 Å². The molecular formula is C22H20F8N2O2. The molecule has 2 N–H and O–H groups in total. The smallest absolute Gasteiger partial charge is 0.321 e. The van der Waals surface area contributed by atoms with Crippen molar-refractivity contribution in [1.29, 1.82) is 0 Å². The first-order valence-electron chi connectivity index (χ1n) is 9.93. The molecule has 0 fully saturated rings. The lowest BCUT2D eigenvalue weighted by Crippen LogP contribution is -2.67. The van der Waals surface area contributed by atoms with E-state index in [4.69, 9.17) is 0 Å². The van der Waals surface area contributed by atoms with Gasteiger partial charge in [-0.15, -0.1) is 0 Å². The molecule has 2 aromatic rings. The Bertz CT molecular complexity index is 939. The van der Waals surface area contributed by atoms with Crippen molar-refractivity contribution in [3.05, 3.63) is 59.7 Å². The van der Waals surface area contributed by atoms with Gasteiger partial charge in [0, 0.05) is 11.4 Å². The molecule has 0 heterocycles. The van der Waals surface area contributed by atoms with Crippen LogP contribution < -0.4 is 10.6 Å². The third kappa shape index (κ3) is 4.85. The summed E-state index contributed by atoms with van der Waals surface area (Å²) in [7, 11) is 0. The van der Waals surface area contributed by atoms with E-state index >= 15 is 0 Å². The van der Waals surface area contributed by atoms with Gasteiger partial charge in [-0.25, -0.2) is 0 Å². The number of anilines is 2. The van der Waals surface area contributed by atoms with Crippen molar-refractivity contribution >= 4 is 23.2 Å². The van der Waals surface area contributed by atoms with Gasteiger partial charge in [0.05, 0.1) is 0 Å². The summed E-state index contributed by atoms with van der Waals surface area (Å²) in [4.78, 5) is 23.4. The van der Waals surface area contributed by atoms with Gasteiger partial charge in [0.25, 0.3) is 0 Å². The molecule has 0 atom stereocenters. The molecule has 0 radical (unpaired) electrons. The van der Waals surface area contributed by atoms with Crippen molar-refractivity contribution in [1.82, 2.24) is 0 Å². The van der Waals surface area contributed by atoms with Crippen LogP contribution >= 0.6 is 0 Å². The largest absolute Gasteiger partial charge is 0.393 e. The van der Waals surface area contributed by atoms with Crippen LogP contribution in [0, 0.1) is 0 Å². The van der Waals surface area contributed by atoms with E-state index in [9.17, 15) is 44.7 Å². The minimum Gasteiger partial charge on any atom is -0.321 e. The fourth-order valence-corrected chi connectivity index (χ4v) is 2.75. The van der Waals surface area contributed by atoms with Crippen molar-refractivity contribution in [2.45, 2.75) is 50.4 Å². The first-order chi connectivity index (χ1) is 15.6. The second kappa shape index (κ2) is 9.59. The fourth-order valence-electron chi connectivity index (χ4n) is 2.75. The van der Waals surface area contributed by atoms with E-state index in [0.29, 0.717) is 24.0 Å². The standard InChI is InChI=1S/C22H20F8N2O2/c1-3-13-5-9-15(10-6-13)31-17(33)19(23,24)21(27,28)22(29,30)20(25,26)18(34)32-16-11-7-14(4-2)8-12-16/h5-12H,3-4H2,1-2H3,(H,31,33)(H,32,34). The number of hydrogen-bond donors (Lipinski definition) is 2. The number of hydrogen-bond acceptors (Lipinski definition) is 2. The van der Waals surface area contributed by atoms with Crippen LogP contribution in [0.4, 0.5) is 46.5 Å². The van der Waals surface area contributed by atoms with Crippen molar-refractivity contribution in [2.24, 2.45) is 0 Å². The summed E-state index contributed by atoms with van der Waals surface area (Å²) in [6.07, 6.45) is 1.02. The highest BCUT2D eigenvalue weighted by molar-refractivity contribution is 5.99. The van der Waals surface area contributed by atoms with Gasteiger partial charge in [-0.2, -0.15) is 35.1 Å². The van der Waals surface area contributed by atoms with Gasteiger partial charge in [0.1, 0.15) is 0 Å². The predicted octanol–water partition coefficient (Wildman–Crippen LogP) is 5.93. The summed E-state index contributed by atoms with van der Waals surface area (Å²) in [5, 5.41) is 2.59. The van der Waals surface area contributed by atoms with Crippen LogP contribution in [0.15, 0.2) is 48.5 Å². The number of halogens is 8. The van der Waals surface area contributed by atoms with E-state index in [1.807, 2.05) is 0 Å². The Kier molecular flexibility index (Phi) is 7.63. The zero-order valence-corrected chi connectivity index (χ0v) is 17.9. The molecule has 4 nitrogen and oxygen atoms in total. The number of rotatable bonds is 9. The highest BCUT2D eigenvalue weighted by atomic mass is 19.4. The molecule has 0 spiro atoms. The first-order valence-corrected chi connectivity index (χ1v) is 9.93. The van der Waals surface area contributed by atoms with Gasteiger partial charge in [-0.3, -0.25) is 9.59 Å². The Morgan fingerprint density at radius 3 is 1.09 bits per heavy atom. The summed E-state index contributed by atoms with van der Waals surface area (Å²) in [6, 6.07) is 9.50. The Hall–Kier alpha value is -3.18. The number of nitrogens with one attached hydrogen (secondary N) is 2. The van der Waals surface area contributed by atoms with E-state index < -0.39 is 46.9 Å². The lowest BCUT2D eigenvalue weighted by atomic mass is 9.97. The predicted molar refractivity (Wildman–Crippen MR) is 109 cm³/mol. The molecule has 2 rings (SSSR count). The van der Waals surface area contributed by atoms with Crippen LogP contribution in [0.3, 0.4) is 0 Å². The van der Waals surface area contributed by atoms with E-state index in [0.717, 1.165) is 24.3 Å². The number of carbonyl (C=O) groups is 2. The molecule has 2 amide bonds. The van der Waals surface area contributed by atoms with Crippen LogP contribution in [-0.2, 0) is 22.4 Å². The SMILES string of the molecule is CCc1ccc(NC(=O)C(F)(F)C(F)(F)C(F)(F)C(F)(F)C(=O)Nc2ccc(CC)cc2)cc1. The van der Waals surface area contributed by atoms with Crippen LogP contribution in [0.2, 0.25) is 0 Å². The van der Waals surface area contributed by atoms with E-state index in [2.05, 4.69) is 0 Å². The zero-order valence-electron chi connectivity index (χ0n) is 17.9. The molecule has 34 heavy (non-hydrogen) atoms. The zero-order chi connectivity index (χ0) is 25.9. The molecule has 0 saturated heterocycles. The quantitative estimate of drug-likeness (QED) is 0.423. The van der Waals surface area contributed by atoms with Gasteiger partial charge in [-0.1, -0.05) is 38.1 Å². The van der Waals surface area contributed by atoms with Crippen molar-refractivity contribution < 1.29 is 44.7 Å². The third-order valence-electron chi connectivity index (χ3n) is 4.99. The van der Waals surface area contributed by atoms with Gasteiger partial charge < -0.3 is 10.6 Å². The minimum atomic E-state index is -6.94. The summed E-state index contributed by atoms with van der Waals surface area (Å²) in [5.74, 6) is -32.4. The minimum absolute atomic E-state index is 0.457. The molecule has 0 aliphatic rings. The second-order valence-electron chi connectivity index (χ2n) is 7.31. The van der Waals surface area contributed by atoms with Crippen molar-refractivity contribution in [2.75, 3.05) is 10.6 Å². The molecule has 2 aromatic carbocycles. The van der Waals surface area contributed by atoms with Crippen LogP contribution in [-0.4, -0.2) is 35.5 Å². The number of amides is 2. The third-order valence-corrected chi connectivity index (χ3v) is 4.99. The Balaban J connectivity index is 2.28. The van der Waals surface area contributed by atoms with Crippen molar-refractivity contribution in [3.8, 4) is 0 Å². The first kappa shape index (κ1) is 27.1. The topological polar surface area (TPSA) is 58.2 Å². The molecule has 0 saturated carbocycles. The number of aryl methyl sites for hydroxylation is 2. The van der Waals surface area contributed by atoms with E-state index in [-0.39, 0.29) is 0 Å². The maximum Gasteiger partial charge on any atom is 0.393 e. The average molecular weight is 496 g/mol. The highest BCUT2D eigenvalue weighted by Gasteiger charge is 2.84. The summed E-state index contributed by atoms with van der Waals surface area (Å²) in [6.45, 7) is 3.47. The Morgan fingerprint density at radius 1 is 0.588 bits per heavy atom. The average Bonchev–Trinajstić information content (AvgIpc) is 2.79. The van der Waals surface area contributed by atoms with Crippen molar-refractivity contribution in [3.63, 3.8) is 0 Å². The van der Waals surface area contributed by atoms with Crippen LogP contribution in [0.5, 0.6) is 0 Å². The molecule has 12 heteroatoms. The van der Waals surface area contributed by atoms with Gasteiger partial charge >= 0.3 is 35.5 Å². The molecule has 186 valence electrons. The van der Waals surface area contributed by atoms with E-state index in [1.54, 1.807) is 13.8 Å². The van der Waals surface area contributed by atoms with Gasteiger partial charge in [0.2, 0.25) is 0 Å². The van der Waals surface area contributed by atoms with E-state index in [1.165, 1.54) is 34.9 Å². The van der Waals surface area contributed by atoms with Gasteiger partial charge in [-0.05, 0) is 48.2 Å². The summed E-state index contributed by atoms with van der Waals surface area (Å²) in [5.41, 5.74) is 0.440. The normalized spacial score (nSPS) is 12.9. The number of carbonyl (C=O) groups excluding carboxylic acids is 2. The molecule has 0 aromatic heterocycles.